The van der Waals surface area contributed by atoms with E-state index in [0.29, 0.717) is 6.54 Å². The molecule has 1 heterocycles. The van der Waals surface area contributed by atoms with E-state index in [0.717, 1.165) is 68.9 Å². The van der Waals surface area contributed by atoms with Gasteiger partial charge in [0.05, 0.1) is 6.54 Å². The standard InChI is InChI=1S/C23H34N6O/c1-2-24-23(25-13-7-15-29-16-8-14-27-29)26-18-19-9-6-12-21(17-19)28-22(30)20-10-4-3-5-11-20/h6,8-9,12,14,16-17,20H,2-5,7,10-11,13,15,18H2,1H3,(H,28,30)(H2,24,25,26). The average Bonchev–Trinajstić information content (AvgIpc) is 3.29. The molecule has 0 aliphatic heterocycles. The van der Waals surface area contributed by atoms with Crippen LogP contribution in [-0.2, 0) is 17.9 Å². The minimum Gasteiger partial charge on any atom is -0.357 e. The third-order valence-corrected chi connectivity index (χ3v) is 5.35. The van der Waals surface area contributed by atoms with Gasteiger partial charge >= 0.3 is 0 Å². The Hall–Kier alpha value is -2.83. The quantitative estimate of drug-likeness (QED) is 0.335. The Morgan fingerprint density at radius 1 is 1.20 bits per heavy atom. The predicted molar refractivity (Wildman–Crippen MR) is 121 cm³/mol. The molecule has 1 saturated carbocycles. The zero-order valence-corrected chi connectivity index (χ0v) is 17.9. The van der Waals surface area contributed by atoms with Crippen LogP contribution in [0.4, 0.5) is 5.69 Å². The van der Waals surface area contributed by atoms with Crippen molar-refractivity contribution < 1.29 is 4.79 Å². The molecule has 2 aromatic rings. The van der Waals surface area contributed by atoms with E-state index in [9.17, 15) is 4.79 Å². The lowest BCUT2D eigenvalue weighted by molar-refractivity contribution is -0.120. The molecule has 1 aliphatic rings. The van der Waals surface area contributed by atoms with Gasteiger partial charge in [0.2, 0.25) is 5.91 Å². The van der Waals surface area contributed by atoms with Gasteiger partial charge < -0.3 is 16.0 Å². The number of anilines is 1. The second-order valence-electron chi connectivity index (χ2n) is 7.77. The van der Waals surface area contributed by atoms with Gasteiger partial charge in [0, 0.05) is 43.6 Å². The Labute approximate surface area is 179 Å². The molecule has 1 aromatic carbocycles. The fourth-order valence-electron chi connectivity index (χ4n) is 3.75. The van der Waals surface area contributed by atoms with E-state index in [1.165, 1.54) is 6.42 Å². The molecule has 0 saturated heterocycles. The molecular weight excluding hydrogens is 376 g/mol. The second kappa shape index (κ2) is 12.0. The summed E-state index contributed by atoms with van der Waals surface area (Å²) in [5.41, 5.74) is 1.93. The fourth-order valence-corrected chi connectivity index (χ4v) is 3.75. The van der Waals surface area contributed by atoms with Gasteiger partial charge in [-0.3, -0.25) is 9.48 Å². The van der Waals surface area contributed by atoms with Gasteiger partial charge in [-0.25, -0.2) is 4.99 Å². The molecule has 3 rings (SSSR count). The molecule has 1 amide bonds. The summed E-state index contributed by atoms with van der Waals surface area (Å²) in [6.45, 7) is 5.12. The maximum atomic E-state index is 12.5. The highest BCUT2D eigenvalue weighted by atomic mass is 16.1. The van der Waals surface area contributed by atoms with Crippen molar-refractivity contribution in [3.05, 3.63) is 48.3 Å². The lowest BCUT2D eigenvalue weighted by Gasteiger charge is -2.20. The second-order valence-corrected chi connectivity index (χ2v) is 7.77. The summed E-state index contributed by atoms with van der Waals surface area (Å²) >= 11 is 0. The van der Waals surface area contributed by atoms with Crippen LogP contribution < -0.4 is 16.0 Å². The number of amides is 1. The van der Waals surface area contributed by atoms with Crippen LogP contribution in [0.15, 0.2) is 47.7 Å². The molecule has 7 nitrogen and oxygen atoms in total. The fraction of sp³-hybridized carbons (Fsp3) is 0.522. The number of guanidine groups is 1. The van der Waals surface area contributed by atoms with Crippen molar-refractivity contribution in [3.8, 4) is 0 Å². The van der Waals surface area contributed by atoms with E-state index in [2.05, 4.69) is 33.0 Å². The number of rotatable bonds is 9. The summed E-state index contributed by atoms with van der Waals surface area (Å²) in [6.07, 6.45) is 10.3. The van der Waals surface area contributed by atoms with Crippen LogP contribution in [0.5, 0.6) is 0 Å². The first-order valence-electron chi connectivity index (χ1n) is 11.1. The Kier molecular flexibility index (Phi) is 8.75. The molecule has 0 unspecified atom stereocenters. The van der Waals surface area contributed by atoms with E-state index in [1.807, 2.05) is 41.2 Å². The summed E-state index contributed by atoms with van der Waals surface area (Å²) in [6, 6.07) is 9.93. The third-order valence-electron chi connectivity index (χ3n) is 5.35. The summed E-state index contributed by atoms with van der Waals surface area (Å²) < 4.78 is 1.93. The molecule has 1 aliphatic carbocycles. The molecule has 3 N–H and O–H groups in total. The Morgan fingerprint density at radius 3 is 2.83 bits per heavy atom. The topological polar surface area (TPSA) is 83.3 Å². The van der Waals surface area contributed by atoms with Gasteiger partial charge in [0.1, 0.15) is 0 Å². The van der Waals surface area contributed by atoms with E-state index >= 15 is 0 Å². The number of aliphatic imine (C=N–C) groups is 1. The van der Waals surface area contributed by atoms with Gasteiger partial charge in [-0.05, 0) is 49.9 Å². The minimum absolute atomic E-state index is 0.155. The number of carbonyl (C=O) groups is 1. The summed E-state index contributed by atoms with van der Waals surface area (Å²) in [5, 5.41) is 14.0. The van der Waals surface area contributed by atoms with Crippen molar-refractivity contribution in [1.29, 1.82) is 0 Å². The first-order chi connectivity index (χ1) is 14.7. The van der Waals surface area contributed by atoms with Crippen molar-refractivity contribution in [2.24, 2.45) is 10.9 Å². The van der Waals surface area contributed by atoms with Crippen LogP contribution in [-0.4, -0.2) is 34.7 Å². The minimum atomic E-state index is 0.155. The number of hydrogen-bond acceptors (Lipinski definition) is 3. The van der Waals surface area contributed by atoms with Crippen LogP contribution in [0.1, 0.15) is 51.0 Å². The normalized spacial score (nSPS) is 15.0. The molecule has 0 atom stereocenters. The highest BCUT2D eigenvalue weighted by Gasteiger charge is 2.20. The zero-order valence-electron chi connectivity index (χ0n) is 17.9. The largest absolute Gasteiger partial charge is 0.357 e. The van der Waals surface area contributed by atoms with Crippen molar-refractivity contribution in [1.82, 2.24) is 20.4 Å². The zero-order chi connectivity index (χ0) is 21.0. The maximum absolute atomic E-state index is 12.5. The smallest absolute Gasteiger partial charge is 0.227 e. The van der Waals surface area contributed by atoms with Crippen LogP contribution in [0.25, 0.3) is 0 Å². The van der Waals surface area contributed by atoms with Crippen molar-refractivity contribution in [2.45, 2.75) is 58.5 Å². The molecule has 0 bridgehead atoms. The molecular formula is C23H34N6O. The van der Waals surface area contributed by atoms with E-state index in [-0.39, 0.29) is 11.8 Å². The highest BCUT2D eigenvalue weighted by Crippen LogP contribution is 2.25. The predicted octanol–water partition coefficient (Wildman–Crippen LogP) is 3.55. The molecule has 0 radical (unpaired) electrons. The summed E-state index contributed by atoms with van der Waals surface area (Å²) in [5.74, 6) is 1.11. The Morgan fingerprint density at radius 2 is 2.07 bits per heavy atom. The van der Waals surface area contributed by atoms with Crippen LogP contribution >= 0.6 is 0 Å². The van der Waals surface area contributed by atoms with Gasteiger partial charge in [-0.15, -0.1) is 0 Å². The highest BCUT2D eigenvalue weighted by molar-refractivity contribution is 5.92. The SMILES string of the molecule is CCNC(=NCc1cccc(NC(=O)C2CCCCC2)c1)NCCCn1cccn1. The molecule has 7 heteroatoms. The number of nitrogens with one attached hydrogen (secondary N) is 3. The molecule has 1 aromatic heterocycles. The number of benzene rings is 1. The maximum Gasteiger partial charge on any atom is 0.227 e. The molecule has 30 heavy (non-hydrogen) atoms. The van der Waals surface area contributed by atoms with Crippen LogP contribution in [0.3, 0.4) is 0 Å². The van der Waals surface area contributed by atoms with E-state index in [1.54, 1.807) is 6.20 Å². The van der Waals surface area contributed by atoms with Crippen LogP contribution in [0.2, 0.25) is 0 Å². The number of hydrogen-bond donors (Lipinski definition) is 3. The average molecular weight is 411 g/mol. The third kappa shape index (κ3) is 7.21. The molecule has 162 valence electrons. The van der Waals surface area contributed by atoms with Crippen LogP contribution in [0, 0.1) is 5.92 Å². The number of nitrogens with zero attached hydrogens (tertiary/aromatic N) is 3. The number of carbonyl (C=O) groups excluding carboxylic acids is 1. The lowest BCUT2D eigenvalue weighted by Crippen LogP contribution is -2.38. The lowest BCUT2D eigenvalue weighted by atomic mass is 9.88. The van der Waals surface area contributed by atoms with E-state index < -0.39 is 0 Å². The van der Waals surface area contributed by atoms with Crippen molar-refractivity contribution in [3.63, 3.8) is 0 Å². The summed E-state index contributed by atoms with van der Waals surface area (Å²) in [4.78, 5) is 17.2. The monoisotopic (exact) mass is 410 g/mol. The molecule has 0 spiro atoms. The Balaban J connectivity index is 1.49. The van der Waals surface area contributed by atoms with Crippen molar-refractivity contribution >= 4 is 17.6 Å². The van der Waals surface area contributed by atoms with Crippen molar-refractivity contribution in [2.75, 3.05) is 18.4 Å². The van der Waals surface area contributed by atoms with Gasteiger partial charge in [-0.1, -0.05) is 31.4 Å². The van der Waals surface area contributed by atoms with E-state index in [4.69, 9.17) is 0 Å². The summed E-state index contributed by atoms with van der Waals surface area (Å²) in [7, 11) is 0. The van der Waals surface area contributed by atoms with Gasteiger partial charge in [0.25, 0.3) is 0 Å². The number of aromatic nitrogens is 2. The van der Waals surface area contributed by atoms with Gasteiger partial charge in [0.15, 0.2) is 5.96 Å². The first-order valence-corrected chi connectivity index (χ1v) is 11.1. The molecule has 1 fully saturated rings. The number of aryl methyl sites for hydroxylation is 1. The first kappa shape index (κ1) is 21.9. The Bertz CT molecular complexity index is 796. The van der Waals surface area contributed by atoms with Gasteiger partial charge in [-0.2, -0.15) is 5.10 Å².